The van der Waals surface area contributed by atoms with Crippen LogP contribution in [0.25, 0.3) is 11.0 Å². The molecule has 0 amide bonds. The molecule has 42 heavy (non-hydrogen) atoms. The average Bonchev–Trinajstić information content (AvgIpc) is 3.59. The van der Waals surface area contributed by atoms with Gasteiger partial charge in [-0.2, -0.15) is 5.26 Å². The zero-order valence-electron chi connectivity index (χ0n) is 23.0. The second kappa shape index (κ2) is 12.9. The van der Waals surface area contributed by atoms with Crippen LogP contribution >= 0.6 is 0 Å². The van der Waals surface area contributed by atoms with Crippen molar-refractivity contribution in [1.29, 1.82) is 5.26 Å². The first-order valence-electron chi connectivity index (χ1n) is 13.8. The summed E-state index contributed by atoms with van der Waals surface area (Å²) >= 11 is 0. The number of hydrogen-bond acceptors (Lipinski definition) is 8. The molecular formula is C33H31N5O4. The van der Waals surface area contributed by atoms with Crippen LogP contribution in [0.15, 0.2) is 104 Å². The monoisotopic (exact) mass is 561 g/mol. The fraction of sp³-hybridized carbons (Fsp3) is 0.242. The molecule has 4 atom stereocenters. The van der Waals surface area contributed by atoms with Crippen molar-refractivity contribution in [3.63, 3.8) is 0 Å². The van der Waals surface area contributed by atoms with Crippen molar-refractivity contribution >= 4 is 16.9 Å². The predicted molar refractivity (Wildman–Crippen MR) is 157 cm³/mol. The molecule has 2 aromatic heterocycles. The number of ether oxygens (including phenoxy) is 4. The average molecular weight is 562 g/mol. The molecule has 0 aliphatic carbocycles. The van der Waals surface area contributed by atoms with Crippen LogP contribution in [0.1, 0.15) is 28.5 Å². The van der Waals surface area contributed by atoms with Crippen LogP contribution in [-0.4, -0.2) is 39.5 Å². The molecule has 9 nitrogen and oxygen atoms in total. The Bertz CT molecular complexity index is 1640. The molecule has 0 spiro atoms. The van der Waals surface area contributed by atoms with E-state index in [0.717, 1.165) is 16.7 Å². The topological polar surface area (TPSA) is 117 Å². The SMILES string of the molecule is N#Cc1cn([C@@H]2O[C@H](COCc3ccccc3)[C@@H](OCc3ccccc3)[C@@H]2OCc2ccccc2)c2ncnc(N)c12. The van der Waals surface area contributed by atoms with E-state index in [1.165, 1.54) is 6.33 Å². The Morgan fingerprint density at radius 2 is 1.36 bits per heavy atom. The van der Waals surface area contributed by atoms with Gasteiger partial charge in [-0.25, -0.2) is 9.97 Å². The van der Waals surface area contributed by atoms with Crippen LogP contribution in [-0.2, 0) is 38.8 Å². The molecule has 2 N–H and O–H groups in total. The van der Waals surface area contributed by atoms with Gasteiger partial charge in [0.05, 0.1) is 37.4 Å². The van der Waals surface area contributed by atoms with E-state index in [-0.39, 0.29) is 12.4 Å². The molecule has 6 rings (SSSR count). The Balaban J connectivity index is 1.34. The lowest BCUT2D eigenvalue weighted by atomic mass is 10.1. The summed E-state index contributed by atoms with van der Waals surface area (Å²) in [5.41, 5.74) is 10.1. The van der Waals surface area contributed by atoms with Gasteiger partial charge in [-0.3, -0.25) is 0 Å². The van der Waals surface area contributed by atoms with Gasteiger partial charge in [0.1, 0.15) is 42.2 Å². The van der Waals surface area contributed by atoms with Crippen LogP contribution in [0.3, 0.4) is 0 Å². The van der Waals surface area contributed by atoms with Crippen molar-refractivity contribution in [2.24, 2.45) is 0 Å². The van der Waals surface area contributed by atoms with Crippen LogP contribution in [0.2, 0.25) is 0 Å². The highest BCUT2D eigenvalue weighted by atomic mass is 16.6. The summed E-state index contributed by atoms with van der Waals surface area (Å²) in [5.74, 6) is 0.231. The van der Waals surface area contributed by atoms with E-state index in [2.05, 4.69) is 16.0 Å². The largest absolute Gasteiger partial charge is 0.383 e. The molecule has 212 valence electrons. The highest BCUT2D eigenvalue weighted by Crippen LogP contribution is 2.38. The minimum absolute atomic E-state index is 0.231. The summed E-state index contributed by atoms with van der Waals surface area (Å²) in [5, 5.41) is 10.4. The standard InChI is InChI=1S/C33H31N5O4/c34-16-26-17-38(32-28(26)31(35)36-22-37-32)33-30(41-20-25-14-8-3-9-15-25)29(40-19-24-12-6-2-7-13-24)27(42-33)21-39-18-23-10-4-1-5-11-23/h1-15,17,22,27,29-30,33H,18-21H2,(H2,35,36,37)/t27-,29-,30+,33-/m1/s1. The molecule has 9 heteroatoms. The summed E-state index contributed by atoms with van der Waals surface area (Å²) in [4.78, 5) is 8.57. The zero-order chi connectivity index (χ0) is 28.7. The highest BCUT2D eigenvalue weighted by Gasteiger charge is 2.48. The third-order valence-corrected chi connectivity index (χ3v) is 7.28. The van der Waals surface area contributed by atoms with Crippen molar-refractivity contribution in [3.05, 3.63) is 126 Å². The summed E-state index contributed by atoms with van der Waals surface area (Å²) in [6, 6.07) is 32.1. The minimum atomic E-state index is -0.668. The number of fused-ring (bicyclic) bond motifs is 1. The fourth-order valence-corrected chi connectivity index (χ4v) is 5.23. The Morgan fingerprint density at radius 3 is 1.95 bits per heavy atom. The normalized spacial score (nSPS) is 20.1. The smallest absolute Gasteiger partial charge is 0.164 e. The van der Waals surface area contributed by atoms with E-state index in [0.29, 0.717) is 36.4 Å². The van der Waals surface area contributed by atoms with Gasteiger partial charge in [-0.05, 0) is 16.7 Å². The van der Waals surface area contributed by atoms with Gasteiger partial charge in [0.25, 0.3) is 0 Å². The Labute approximate surface area is 244 Å². The fourth-order valence-electron chi connectivity index (χ4n) is 5.23. The van der Waals surface area contributed by atoms with Crippen LogP contribution in [0, 0.1) is 11.3 Å². The summed E-state index contributed by atoms with van der Waals surface area (Å²) in [7, 11) is 0. The lowest BCUT2D eigenvalue weighted by Gasteiger charge is -2.25. The molecule has 1 aliphatic heterocycles. The van der Waals surface area contributed by atoms with E-state index < -0.39 is 24.5 Å². The van der Waals surface area contributed by atoms with Crippen LogP contribution in [0.5, 0.6) is 0 Å². The van der Waals surface area contributed by atoms with Gasteiger partial charge in [0, 0.05) is 6.20 Å². The van der Waals surface area contributed by atoms with Gasteiger partial charge in [0.2, 0.25) is 0 Å². The summed E-state index contributed by atoms with van der Waals surface area (Å²) < 4.78 is 27.8. The minimum Gasteiger partial charge on any atom is -0.383 e. The lowest BCUT2D eigenvalue weighted by Crippen LogP contribution is -2.38. The molecule has 3 heterocycles. The first-order chi connectivity index (χ1) is 20.7. The first kappa shape index (κ1) is 27.6. The van der Waals surface area contributed by atoms with Gasteiger partial charge in [0.15, 0.2) is 6.23 Å². The number of benzene rings is 3. The van der Waals surface area contributed by atoms with E-state index in [1.807, 2.05) is 91.0 Å². The van der Waals surface area contributed by atoms with Crippen LogP contribution < -0.4 is 5.73 Å². The second-order valence-corrected chi connectivity index (χ2v) is 10.1. The van der Waals surface area contributed by atoms with Gasteiger partial charge < -0.3 is 29.2 Å². The van der Waals surface area contributed by atoms with Crippen molar-refractivity contribution in [2.45, 2.75) is 44.4 Å². The number of aromatic nitrogens is 3. The molecular weight excluding hydrogens is 530 g/mol. The summed E-state index contributed by atoms with van der Waals surface area (Å²) in [6.07, 6.45) is 0.896. The van der Waals surface area contributed by atoms with Crippen molar-refractivity contribution < 1.29 is 18.9 Å². The predicted octanol–water partition coefficient (Wildman–Crippen LogP) is 5.17. The summed E-state index contributed by atoms with van der Waals surface area (Å²) in [6.45, 7) is 1.42. The van der Waals surface area contributed by atoms with Gasteiger partial charge in [-0.15, -0.1) is 0 Å². The molecule has 0 unspecified atom stereocenters. The molecule has 1 fully saturated rings. The zero-order valence-corrected chi connectivity index (χ0v) is 23.0. The molecule has 0 saturated carbocycles. The van der Waals surface area contributed by atoms with E-state index >= 15 is 0 Å². The Kier molecular flexibility index (Phi) is 8.49. The molecule has 1 aliphatic rings. The number of nitrogens with zero attached hydrogens (tertiary/aromatic N) is 4. The number of nitrogens with two attached hydrogens (primary N) is 1. The maximum absolute atomic E-state index is 9.88. The number of anilines is 1. The van der Waals surface area contributed by atoms with E-state index in [4.69, 9.17) is 24.7 Å². The second-order valence-electron chi connectivity index (χ2n) is 10.1. The molecule has 0 bridgehead atoms. The van der Waals surface area contributed by atoms with E-state index in [1.54, 1.807) is 10.8 Å². The van der Waals surface area contributed by atoms with Crippen LogP contribution in [0.4, 0.5) is 5.82 Å². The number of nitriles is 1. The maximum Gasteiger partial charge on any atom is 0.164 e. The Morgan fingerprint density at radius 1 is 0.786 bits per heavy atom. The molecule has 1 saturated heterocycles. The molecule has 5 aromatic rings. The van der Waals surface area contributed by atoms with Gasteiger partial charge >= 0.3 is 0 Å². The quantitative estimate of drug-likeness (QED) is 0.235. The third kappa shape index (κ3) is 6.03. The number of rotatable bonds is 11. The third-order valence-electron chi connectivity index (χ3n) is 7.28. The van der Waals surface area contributed by atoms with Crippen molar-refractivity contribution in [3.8, 4) is 6.07 Å². The van der Waals surface area contributed by atoms with Gasteiger partial charge in [-0.1, -0.05) is 91.0 Å². The molecule has 0 radical (unpaired) electrons. The Hall–Kier alpha value is -4.59. The van der Waals surface area contributed by atoms with Crippen molar-refractivity contribution in [2.75, 3.05) is 12.3 Å². The highest BCUT2D eigenvalue weighted by molar-refractivity contribution is 5.92. The maximum atomic E-state index is 9.88. The number of nitrogen functional groups attached to an aromatic ring is 1. The van der Waals surface area contributed by atoms with E-state index in [9.17, 15) is 5.26 Å². The molecule has 3 aromatic carbocycles. The van der Waals surface area contributed by atoms with Crippen molar-refractivity contribution in [1.82, 2.24) is 14.5 Å². The number of hydrogen-bond donors (Lipinski definition) is 1. The first-order valence-corrected chi connectivity index (χ1v) is 13.8. The lowest BCUT2D eigenvalue weighted by molar-refractivity contribution is -0.0913.